The molecule has 1 rings (SSSR count). The Morgan fingerprint density at radius 1 is 1.58 bits per heavy atom. The summed E-state index contributed by atoms with van der Waals surface area (Å²) in [5.74, 6) is 5.69. The van der Waals surface area contributed by atoms with Crippen LogP contribution in [0.4, 0.5) is 0 Å². The Morgan fingerprint density at radius 3 is 2.95 bits per heavy atom. The molecule has 0 saturated carbocycles. The van der Waals surface area contributed by atoms with E-state index in [4.69, 9.17) is 10.5 Å². The summed E-state index contributed by atoms with van der Waals surface area (Å²) in [6, 6.07) is 1.85. The van der Waals surface area contributed by atoms with Crippen LogP contribution in [0.3, 0.4) is 0 Å². The predicted octanol–water partition coefficient (Wildman–Crippen LogP) is 1.52. The molecule has 5 heteroatoms. The second kappa shape index (κ2) is 7.95. The van der Waals surface area contributed by atoms with Gasteiger partial charge in [0.1, 0.15) is 0 Å². The molecule has 0 spiro atoms. The summed E-state index contributed by atoms with van der Waals surface area (Å²) in [6.45, 7) is 7.23. The lowest BCUT2D eigenvalue weighted by Gasteiger charge is -2.07. The van der Waals surface area contributed by atoms with E-state index in [1.807, 2.05) is 26.8 Å². The predicted molar refractivity (Wildman–Crippen MR) is 78.4 cm³/mol. The summed E-state index contributed by atoms with van der Waals surface area (Å²) in [4.78, 5) is 13.5. The number of carbonyl (C=O) groups excluding carboxylic acids is 1. The van der Waals surface area contributed by atoms with E-state index >= 15 is 0 Å². The summed E-state index contributed by atoms with van der Waals surface area (Å²) in [5.41, 5.74) is 6.35. The highest BCUT2D eigenvalue weighted by atomic mass is 32.1. The molecule has 104 valence electrons. The topological polar surface area (TPSA) is 64.3 Å². The SMILES string of the molecule is Cc1cc(C(=O)NCCOC(C)C)sc1C#CCN. The molecule has 0 aliphatic carbocycles. The Morgan fingerprint density at radius 2 is 2.32 bits per heavy atom. The van der Waals surface area contributed by atoms with Crippen molar-refractivity contribution in [1.29, 1.82) is 0 Å². The quantitative estimate of drug-likeness (QED) is 0.635. The molecule has 0 saturated heterocycles. The highest BCUT2D eigenvalue weighted by molar-refractivity contribution is 7.14. The third-order valence-corrected chi connectivity index (χ3v) is 3.44. The average Bonchev–Trinajstić information content (AvgIpc) is 2.73. The molecule has 4 nitrogen and oxygen atoms in total. The fourth-order valence-corrected chi connectivity index (χ4v) is 2.36. The van der Waals surface area contributed by atoms with Crippen molar-refractivity contribution >= 4 is 17.2 Å². The van der Waals surface area contributed by atoms with Crippen LogP contribution in [0.15, 0.2) is 6.07 Å². The van der Waals surface area contributed by atoms with Gasteiger partial charge in [-0.05, 0) is 32.4 Å². The van der Waals surface area contributed by atoms with Crippen LogP contribution in [0.1, 0.15) is 34.0 Å². The molecule has 0 aliphatic rings. The first-order valence-corrected chi connectivity index (χ1v) is 7.05. The van der Waals surface area contributed by atoms with Gasteiger partial charge in [-0.3, -0.25) is 4.79 Å². The van der Waals surface area contributed by atoms with Crippen LogP contribution in [-0.2, 0) is 4.74 Å². The Bertz CT molecular complexity index is 483. The number of hydrogen-bond donors (Lipinski definition) is 2. The van der Waals surface area contributed by atoms with Crippen molar-refractivity contribution in [3.8, 4) is 11.8 Å². The van der Waals surface area contributed by atoms with Crippen LogP contribution in [0.2, 0.25) is 0 Å². The highest BCUT2D eigenvalue weighted by Crippen LogP contribution is 2.20. The molecule has 3 N–H and O–H groups in total. The first kappa shape index (κ1) is 15.7. The summed E-state index contributed by atoms with van der Waals surface area (Å²) >= 11 is 1.39. The van der Waals surface area contributed by atoms with E-state index in [9.17, 15) is 4.79 Å². The number of rotatable bonds is 5. The smallest absolute Gasteiger partial charge is 0.261 e. The van der Waals surface area contributed by atoms with Crippen LogP contribution in [-0.4, -0.2) is 31.7 Å². The fraction of sp³-hybridized carbons (Fsp3) is 0.500. The Balaban J connectivity index is 2.53. The van der Waals surface area contributed by atoms with Crippen molar-refractivity contribution in [1.82, 2.24) is 5.32 Å². The lowest BCUT2D eigenvalue weighted by atomic mass is 10.2. The van der Waals surface area contributed by atoms with Gasteiger partial charge in [-0.15, -0.1) is 11.3 Å². The molecule has 0 aromatic carbocycles. The number of thiophene rings is 1. The number of carbonyl (C=O) groups is 1. The van der Waals surface area contributed by atoms with Crippen molar-refractivity contribution in [3.63, 3.8) is 0 Å². The monoisotopic (exact) mass is 280 g/mol. The zero-order valence-corrected chi connectivity index (χ0v) is 12.4. The number of aryl methyl sites for hydroxylation is 1. The van der Waals surface area contributed by atoms with Crippen LogP contribution < -0.4 is 11.1 Å². The normalized spacial score (nSPS) is 10.2. The van der Waals surface area contributed by atoms with Crippen LogP contribution >= 0.6 is 11.3 Å². The lowest BCUT2D eigenvalue weighted by molar-refractivity contribution is 0.0748. The average molecular weight is 280 g/mol. The largest absolute Gasteiger partial charge is 0.377 e. The van der Waals surface area contributed by atoms with E-state index in [0.717, 1.165) is 10.4 Å². The van der Waals surface area contributed by atoms with E-state index in [0.29, 0.717) is 24.6 Å². The van der Waals surface area contributed by atoms with Gasteiger partial charge in [0.05, 0.1) is 29.0 Å². The molecular formula is C14H20N2O2S. The summed E-state index contributed by atoms with van der Waals surface area (Å²) in [6.07, 6.45) is 0.180. The molecule has 0 fully saturated rings. The van der Waals surface area contributed by atoms with Gasteiger partial charge >= 0.3 is 0 Å². The second-order valence-corrected chi connectivity index (χ2v) is 5.36. The van der Waals surface area contributed by atoms with E-state index in [2.05, 4.69) is 17.2 Å². The molecule has 1 aromatic heterocycles. The minimum absolute atomic E-state index is 0.0822. The maximum atomic E-state index is 11.9. The van der Waals surface area contributed by atoms with Gasteiger partial charge in [0.2, 0.25) is 0 Å². The van der Waals surface area contributed by atoms with Crippen molar-refractivity contribution < 1.29 is 9.53 Å². The van der Waals surface area contributed by atoms with E-state index in [-0.39, 0.29) is 12.0 Å². The zero-order valence-electron chi connectivity index (χ0n) is 11.6. The van der Waals surface area contributed by atoms with E-state index in [1.165, 1.54) is 11.3 Å². The van der Waals surface area contributed by atoms with Crippen molar-refractivity contribution in [2.45, 2.75) is 26.9 Å². The highest BCUT2D eigenvalue weighted by Gasteiger charge is 2.10. The van der Waals surface area contributed by atoms with Crippen molar-refractivity contribution in [2.24, 2.45) is 5.73 Å². The van der Waals surface area contributed by atoms with Gasteiger partial charge < -0.3 is 15.8 Å². The molecule has 0 unspecified atom stereocenters. The summed E-state index contributed by atoms with van der Waals surface area (Å²) in [7, 11) is 0. The van der Waals surface area contributed by atoms with Crippen LogP contribution in [0, 0.1) is 18.8 Å². The molecule has 1 heterocycles. The van der Waals surface area contributed by atoms with Gasteiger partial charge in [-0.25, -0.2) is 0 Å². The molecule has 0 atom stereocenters. The zero-order chi connectivity index (χ0) is 14.3. The lowest BCUT2D eigenvalue weighted by Crippen LogP contribution is -2.27. The fourth-order valence-electron chi connectivity index (χ4n) is 1.40. The molecule has 0 radical (unpaired) electrons. The molecular weight excluding hydrogens is 260 g/mol. The Kier molecular flexibility index (Phi) is 6.57. The minimum Gasteiger partial charge on any atom is -0.377 e. The number of hydrogen-bond acceptors (Lipinski definition) is 4. The Hall–Kier alpha value is -1.35. The number of amides is 1. The van der Waals surface area contributed by atoms with E-state index < -0.39 is 0 Å². The van der Waals surface area contributed by atoms with Gasteiger partial charge in [0.15, 0.2) is 0 Å². The van der Waals surface area contributed by atoms with Crippen LogP contribution in [0.25, 0.3) is 0 Å². The Labute approximate surface area is 118 Å². The minimum atomic E-state index is -0.0822. The van der Waals surface area contributed by atoms with E-state index in [1.54, 1.807) is 0 Å². The molecule has 0 aliphatic heterocycles. The maximum absolute atomic E-state index is 11.9. The van der Waals surface area contributed by atoms with Crippen LogP contribution in [0.5, 0.6) is 0 Å². The van der Waals surface area contributed by atoms with Gasteiger partial charge in [0.25, 0.3) is 5.91 Å². The number of nitrogens with two attached hydrogens (primary N) is 1. The molecule has 1 aromatic rings. The summed E-state index contributed by atoms with van der Waals surface area (Å²) < 4.78 is 5.36. The van der Waals surface area contributed by atoms with Crippen molar-refractivity contribution in [2.75, 3.05) is 19.7 Å². The summed E-state index contributed by atoms with van der Waals surface area (Å²) in [5, 5.41) is 2.82. The molecule has 19 heavy (non-hydrogen) atoms. The standard InChI is InChI=1S/C14H20N2O2S/c1-10(2)18-8-7-16-14(17)13-9-11(3)12(19-13)5-4-6-15/h9-10H,6-8,15H2,1-3H3,(H,16,17). The first-order valence-electron chi connectivity index (χ1n) is 6.23. The third kappa shape index (κ3) is 5.43. The first-order chi connectivity index (χ1) is 9.04. The van der Waals surface area contributed by atoms with Gasteiger partial charge in [0, 0.05) is 6.54 Å². The second-order valence-electron chi connectivity index (χ2n) is 4.30. The van der Waals surface area contributed by atoms with Crippen molar-refractivity contribution in [3.05, 3.63) is 21.4 Å². The molecule has 0 bridgehead atoms. The molecule has 1 amide bonds. The van der Waals surface area contributed by atoms with Gasteiger partial charge in [-0.2, -0.15) is 0 Å². The third-order valence-electron chi connectivity index (χ3n) is 2.28. The maximum Gasteiger partial charge on any atom is 0.261 e. The van der Waals surface area contributed by atoms with Gasteiger partial charge in [-0.1, -0.05) is 11.8 Å². The number of ether oxygens (including phenoxy) is 1. The number of nitrogens with one attached hydrogen (secondary N) is 1.